The van der Waals surface area contributed by atoms with Crippen molar-refractivity contribution >= 4 is 11.9 Å². The first kappa shape index (κ1) is 20.6. The number of nitrogens with one attached hydrogen (secondary N) is 1. The molecule has 0 saturated heterocycles. The predicted octanol–water partition coefficient (Wildman–Crippen LogP) is 4.21. The van der Waals surface area contributed by atoms with Gasteiger partial charge in [-0.1, -0.05) is 13.8 Å². The number of benzene rings is 2. The minimum atomic E-state index is -0.534. The van der Waals surface area contributed by atoms with Crippen LogP contribution in [0.25, 0.3) is 0 Å². The van der Waals surface area contributed by atoms with Gasteiger partial charge in [0.05, 0.1) is 12.2 Å². The van der Waals surface area contributed by atoms with Gasteiger partial charge in [-0.15, -0.1) is 0 Å². The van der Waals surface area contributed by atoms with Crippen molar-refractivity contribution in [2.45, 2.75) is 20.3 Å². The Balaban J connectivity index is 1.90. The van der Waals surface area contributed by atoms with Crippen LogP contribution in [0.5, 0.6) is 0 Å². The summed E-state index contributed by atoms with van der Waals surface area (Å²) in [4.78, 5) is 24.2. The van der Waals surface area contributed by atoms with Crippen LogP contribution in [0.3, 0.4) is 0 Å². The fourth-order valence-corrected chi connectivity index (χ4v) is 2.68. The maximum absolute atomic E-state index is 12.9. The second-order valence-corrected chi connectivity index (χ2v) is 6.82. The summed E-state index contributed by atoms with van der Waals surface area (Å²) in [7, 11) is 0. The van der Waals surface area contributed by atoms with Crippen LogP contribution >= 0.6 is 0 Å². The number of ether oxygens (including phenoxy) is 1. The lowest BCUT2D eigenvalue weighted by atomic mass is 9.97. The van der Waals surface area contributed by atoms with Gasteiger partial charge < -0.3 is 10.1 Å². The first-order valence-electron chi connectivity index (χ1n) is 8.81. The highest BCUT2D eigenvalue weighted by molar-refractivity contribution is 5.94. The number of amides is 1. The maximum Gasteiger partial charge on any atom is 0.338 e. The number of halogens is 2. The topological polar surface area (TPSA) is 55.4 Å². The van der Waals surface area contributed by atoms with Crippen LogP contribution in [0.4, 0.5) is 8.78 Å². The Bertz CT molecular complexity index is 697. The smallest absolute Gasteiger partial charge is 0.338 e. The van der Waals surface area contributed by atoms with E-state index in [2.05, 4.69) is 5.32 Å². The summed E-state index contributed by atoms with van der Waals surface area (Å²) in [5, 5.41) is 2.79. The molecule has 27 heavy (non-hydrogen) atoms. The molecular formula is C21H23F2NO3. The Morgan fingerprint density at radius 3 is 1.96 bits per heavy atom. The van der Waals surface area contributed by atoms with Crippen molar-refractivity contribution in [2.24, 2.45) is 11.8 Å². The third-order valence-electron chi connectivity index (χ3n) is 3.99. The van der Waals surface area contributed by atoms with E-state index >= 15 is 0 Å². The van der Waals surface area contributed by atoms with E-state index in [0.717, 1.165) is 6.42 Å². The molecule has 4 nitrogen and oxygen atoms in total. The standard InChI is InChI=1S/C21H23F2NO3/c1-14(2)11-15(12-24-20(25)16-3-7-18(22)8-4-16)13-27-21(26)17-5-9-19(23)10-6-17/h3-10,14-15H,11-13H2,1-2H3,(H,24,25). The SMILES string of the molecule is CC(C)CC(CNC(=O)c1ccc(F)cc1)COC(=O)c1ccc(F)cc1. The fraction of sp³-hybridized carbons (Fsp3) is 0.333. The Morgan fingerprint density at radius 1 is 0.926 bits per heavy atom. The van der Waals surface area contributed by atoms with Gasteiger partial charge in [0, 0.05) is 18.0 Å². The Morgan fingerprint density at radius 2 is 1.44 bits per heavy atom. The van der Waals surface area contributed by atoms with Crippen LogP contribution in [0, 0.1) is 23.5 Å². The molecule has 0 bridgehead atoms. The minimum absolute atomic E-state index is 0.0706. The molecule has 2 aromatic carbocycles. The third-order valence-corrected chi connectivity index (χ3v) is 3.99. The van der Waals surface area contributed by atoms with Crippen molar-refractivity contribution in [1.29, 1.82) is 0 Å². The number of carbonyl (C=O) groups is 2. The summed E-state index contributed by atoms with van der Waals surface area (Å²) in [6.07, 6.45) is 0.750. The van der Waals surface area contributed by atoms with Crippen LogP contribution < -0.4 is 5.32 Å². The zero-order valence-electron chi connectivity index (χ0n) is 15.4. The molecule has 6 heteroatoms. The summed E-state index contributed by atoms with van der Waals surface area (Å²) in [5.74, 6) is -1.40. The molecule has 0 fully saturated rings. The molecule has 1 amide bonds. The van der Waals surface area contributed by atoms with Gasteiger partial charge in [-0.25, -0.2) is 13.6 Å². The van der Waals surface area contributed by atoms with E-state index in [1.54, 1.807) is 0 Å². The Hall–Kier alpha value is -2.76. The fourth-order valence-electron chi connectivity index (χ4n) is 2.68. The van der Waals surface area contributed by atoms with Crippen molar-refractivity contribution in [1.82, 2.24) is 5.32 Å². The molecule has 0 radical (unpaired) electrons. The molecular weight excluding hydrogens is 352 g/mol. The molecule has 0 aliphatic carbocycles. The van der Waals surface area contributed by atoms with Gasteiger partial charge >= 0.3 is 5.97 Å². The van der Waals surface area contributed by atoms with E-state index in [-0.39, 0.29) is 24.0 Å². The van der Waals surface area contributed by atoms with Gasteiger partial charge in [0.2, 0.25) is 0 Å². The molecule has 2 rings (SSSR count). The minimum Gasteiger partial charge on any atom is -0.462 e. The molecule has 1 N–H and O–H groups in total. The molecule has 1 unspecified atom stereocenters. The lowest BCUT2D eigenvalue weighted by molar-refractivity contribution is 0.0423. The van der Waals surface area contributed by atoms with Crippen LogP contribution in [-0.4, -0.2) is 25.0 Å². The molecule has 2 aromatic rings. The van der Waals surface area contributed by atoms with E-state index in [4.69, 9.17) is 4.74 Å². The van der Waals surface area contributed by atoms with Crippen LogP contribution in [-0.2, 0) is 4.74 Å². The predicted molar refractivity (Wildman–Crippen MR) is 98.4 cm³/mol. The second-order valence-electron chi connectivity index (χ2n) is 6.82. The van der Waals surface area contributed by atoms with Gasteiger partial charge in [0.15, 0.2) is 0 Å². The Kier molecular flexibility index (Phi) is 7.46. The highest BCUT2D eigenvalue weighted by Crippen LogP contribution is 2.14. The molecule has 1 atom stereocenters. The van der Waals surface area contributed by atoms with Gasteiger partial charge in [0.1, 0.15) is 11.6 Å². The van der Waals surface area contributed by atoms with Crippen molar-refractivity contribution in [3.63, 3.8) is 0 Å². The Labute approximate surface area is 157 Å². The first-order valence-corrected chi connectivity index (χ1v) is 8.81. The zero-order chi connectivity index (χ0) is 19.8. The molecule has 144 valence electrons. The average Bonchev–Trinajstić information content (AvgIpc) is 2.64. The lowest BCUT2D eigenvalue weighted by Gasteiger charge is -2.19. The summed E-state index contributed by atoms with van der Waals surface area (Å²) >= 11 is 0. The van der Waals surface area contributed by atoms with Crippen molar-refractivity contribution in [3.05, 3.63) is 71.3 Å². The highest BCUT2D eigenvalue weighted by Gasteiger charge is 2.17. The van der Waals surface area contributed by atoms with E-state index < -0.39 is 17.6 Å². The quantitative estimate of drug-likeness (QED) is 0.703. The summed E-state index contributed by atoms with van der Waals surface area (Å²) in [5.41, 5.74) is 0.637. The van der Waals surface area contributed by atoms with E-state index in [1.807, 2.05) is 13.8 Å². The third kappa shape index (κ3) is 6.81. The van der Waals surface area contributed by atoms with E-state index in [9.17, 15) is 18.4 Å². The molecule has 0 heterocycles. The zero-order valence-corrected chi connectivity index (χ0v) is 15.4. The van der Waals surface area contributed by atoms with Gasteiger partial charge in [-0.05, 0) is 60.9 Å². The molecule has 0 spiro atoms. The van der Waals surface area contributed by atoms with E-state index in [0.29, 0.717) is 18.0 Å². The maximum atomic E-state index is 12.9. The lowest BCUT2D eigenvalue weighted by Crippen LogP contribution is -2.32. The van der Waals surface area contributed by atoms with Crippen molar-refractivity contribution in [2.75, 3.05) is 13.2 Å². The number of rotatable bonds is 8. The summed E-state index contributed by atoms with van der Waals surface area (Å²) in [6.45, 7) is 4.54. The van der Waals surface area contributed by atoms with E-state index in [1.165, 1.54) is 48.5 Å². The van der Waals surface area contributed by atoms with Crippen LogP contribution in [0.2, 0.25) is 0 Å². The molecule has 0 saturated carbocycles. The number of carbonyl (C=O) groups excluding carboxylic acids is 2. The monoisotopic (exact) mass is 375 g/mol. The van der Waals surface area contributed by atoms with Crippen LogP contribution in [0.1, 0.15) is 41.0 Å². The highest BCUT2D eigenvalue weighted by atomic mass is 19.1. The average molecular weight is 375 g/mol. The van der Waals surface area contributed by atoms with Gasteiger partial charge in [-0.2, -0.15) is 0 Å². The number of hydrogen-bond acceptors (Lipinski definition) is 3. The number of hydrogen-bond donors (Lipinski definition) is 1. The second kappa shape index (κ2) is 9.80. The summed E-state index contributed by atoms with van der Waals surface area (Å²) in [6, 6.07) is 10.4. The first-order chi connectivity index (χ1) is 12.8. The van der Waals surface area contributed by atoms with Crippen LogP contribution in [0.15, 0.2) is 48.5 Å². The van der Waals surface area contributed by atoms with Crippen molar-refractivity contribution < 1.29 is 23.1 Å². The normalized spacial score (nSPS) is 11.9. The van der Waals surface area contributed by atoms with Crippen molar-refractivity contribution in [3.8, 4) is 0 Å². The number of esters is 1. The largest absolute Gasteiger partial charge is 0.462 e. The molecule has 0 aliphatic heterocycles. The van der Waals surface area contributed by atoms with Gasteiger partial charge in [-0.3, -0.25) is 4.79 Å². The van der Waals surface area contributed by atoms with Gasteiger partial charge in [0.25, 0.3) is 5.91 Å². The molecule has 0 aromatic heterocycles. The summed E-state index contributed by atoms with van der Waals surface area (Å²) < 4.78 is 31.2. The molecule has 0 aliphatic rings.